The van der Waals surface area contributed by atoms with E-state index in [1.807, 2.05) is 24.3 Å². The Balaban J connectivity index is 2.05. The maximum Gasteiger partial charge on any atom is 0.323 e. The Hall–Kier alpha value is -1.46. The van der Waals surface area contributed by atoms with Crippen molar-refractivity contribution in [3.63, 3.8) is 0 Å². The van der Waals surface area contributed by atoms with E-state index >= 15 is 0 Å². The average Bonchev–Trinajstić information content (AvgIpc) is 2.92. The van der Waals surface area contributed by atoms with Gasteiger partial charge in [0.15, 0.2) is 5.22 Å². The van der Waals surface area contributed by atoms with Gasteiger partial charge >= 0.3 is 5.69 Å². The number of halogens is 2. The summed E-state index contributed by atoms with van der Waals surface area (Å²) < 4.78 is 5.36. The summed E-state index contributed by atoms with van der Waals surface area (Å²) in [4.78, 5) is 16.5. The van der Waals surface area contributed by atoms with Gasteiger partial charge in [-0.25, -0.2) is 4.79 Å². The Labute approximate surface area is 115 Å². The molecule has 0 aliphatic rings. The summed E-state index contributed by atoms with van der Waals surface area (Å²) in [6.07, 6.45) is 0. The molecule has 3 rings (SSSR count). The number of hydrogen-bond acceptors (Lipinski definition) is 2. The average molecular weight is 328 g/mol. The van der Waals surface area contributed by atoms with Crippen LogP contribution in [0.5, 0.6) is 0 Å². The zero-order valence-electron chi connectivity index (χ0n) is 9.04. The van der Waals surface area contributed by atoms with Crippen LogP contribution in [0.4, 0.5) is 0 Å². The number of benzene rings is 1. The number of rotatable bonds is 2. The fourth-order valence-electron chi connectivity index (χ4n) is 1.84. The molecule has 0 aliphatic carbocycles. The predicted molar refractivity (Wildman–Crippen MR) is 73.4 cm³/mol. The number of nitrogens with one attached hydrogen (secondary N) is 2. The Morgan fingerprint density at radius 2 is 1.94 bits per heavy atom. The Bertz CT molecular complexity index is 759. The van der Waals surface area contributed by atoms with Crippen molar-refractivity contribution in [1.29, 1.82) is 0 Å². The van der Waals surface area contributed by atoms with Gasteiger partial charge in [0, 0.05) is 0 Å². The highest BCUT2D eigenvalue weighted by Crippen LogP contribution is 2.33. The number of furan rings is 1. The van der Waals surface area contributed by atoms with Crippen molar-refractivity contribution in [2.24, 2.45) is 0 Å². The first-order valence-electron chi connectivity index (χ1n) is 5.25. The van der Waals surface area contributed by atoms with Crippen LogP contribution in [0.3, 0.4) is 0 Å². The quantitative estimate of drug-likeness (QED) is 0.707. The maximum absolute atomic E-state index is 11.2. The maximum atomic E-state index is 11.2. The zero-order valence-corrected chi connectivity index (χ0v) is 11.4. The molecule has 0 bridgehead atoms. The molecular weight excluding hydrogens is 320 g/mol. The molecule has 18 heavy (non-hydrogen) atoms. The molecule has 0 radical (unpaired) electrons. The second kappa shape index (κ2) is 4.33. The van der Waals surface area contributed by atoms with E-state index in [0.717, 1.165) is 22.4 Å². The fraction of sp³-hybridized carbons (Fsp3) is 0.0833. The van der Waals surface area contributed by atoms with E-state index in [4.69, 9.17) is 16.0 Å². The highest BCUT2D eigenvalue weighted by molar-refractivity contribution is 9.09. The number of alkyl halides is 1. The van der Waals surface area contributed by atoms with Crippen LogP contribution < -0.4 is 5.69 Å². The summed E-state index contributed by atoms with van der Waals surface area (Å²) in [5, 5.41) is 0.352. The van der Waals surface area contributed by atoms with Gasteiger partial charge in [0.05, 0.1) is 15.9 Å². The first-order chi connectivity index (χ1) is 8.63. The van der Waals surface area contributed by atoms with E-state index in [9.17, 15) is 4.79 Å². The van der Waals surface area contributed by atoms with Gasteiger partial charge in [-0.2, -0.15) is 0 Å². The molecule has 0 saturated heterocycles. The molecule has 0 spiro atoms. The largest absolute Gasteiger partial charge is 0.448 e. The number of imidazole rings is 1. The van der Waals surface area contributed by atoms with Crippen molar-refractivity contribution in [2.45, 2.75) is 4.83 Å². The predicted octanol–water partition coefficient (Wildman–Crippen LogP) is 3.59. The van der Waals surface area contributed by atoms with Crippen molar-refractivity contribution >= 4 is 38.6 Å². The normalized spacial score (nSPS) is 13.0. The van der Waals surface area contributed by atoms with Crippen molar-refractivity contribution in [3.05, 3.63) is 57.4 Å². The van der Waals surface area contributed by atoms with Crippen LogP contribution in [0, 0.1) is 0 Å². The summed E-state index contributed by atoms with van der Waals surface area (Å²) >= 11 is 9.30. The minimum absolute atomic E-state index is 0.104. The molecule has 4 nitrogen and oxygen atoms in total. The fourth-order valence-corrected chi connectivity index (χ4v) is 2.52. The first-order valence-corrected chi connectivity index (χ1v) is 6.54. The van der Waals surface area contributed by atoms with Crippen molar-refractivity contribution in [2.75, 3.05) is 0 Å². The molecule has 92 valence electrons. The van der Waals surface area contributed by atoms with Crippen LogP contribution in [-0.4, -0.2) is 9.97 Å². The van der Waals surface area contributed by atoms with Gasteiger partial charge in [0.25, 0.3) is 0 Å². The van der Waals surface area contributed by atoms with E-state index in [1.165, 1.54) is 0 Å². The van der Waals surface area contributed by atoms with Crippen LogP contribution in [0.1, 0.15) is 16.2 Å². The van der Waals surface area contributed by atoms with Gasteiger partial charge in [-0.15, -0.1) is 0 Å². The summed E-state index contributed by atoms with van der Waals surface area (Å²) in [6, 6.07) is 9.17. The van der Waals surface area contributed by atoms with Crippen molar-refractivity contribution in [3.8, 4) is 0 Å². The molecule has 0 amide bonds. The zero-order chi connectivity index (χ0) is 12.7. The third-order valence-corrected chi connectivity index (χ3v) is 3.86. The van der Waals surface area contributed by atoms with E-state index in [1.54, 1.807) is 6.07 Å². The van der Waals surface area contributed by atoms with E-state index in [2.05, 4.69) is 25.9 Å². The van der Waals surface area contributed by atoms with Crippen LogP contribution >= 0.6 is 27.5 Å². The van der Waals surface area contributed by atoms with Crippen LogP contribution in [0.2, 0.25) is 5.22 Å². The lowest BCUT2D eigenvalue weighted by Crippen LogP contribution is -1.99. The van der Waals surface area contributed by atoms with Gasteiger partial charge in [0.2, 0.25) is 0 Å². The molecule has 2 N–H and O–H groups in total. The Kier molecular flexibility index (Phi) is 2.80. The molecule has 1 atom stereocenters. The van der Waals surface area contributed by atoms with E-state index in [0.29, 0.717) is 5.22 Å². The lowest BCUT2D eigenvalue weighted by molar-refractivity contribution is 0.521. The van der Waals surface area contributed by atoms with Crippen molar-refractivity contribution < 1.29 is 4.42 Å². The number of hydrogen-bond donors (Lipinski definition) is 2. The molecular formula is C12H8BrClN2O2. The third kappa shape index (κ3) is 2.00. The highest BCUT2D eigenvalue weighted by Gasteiger charge is 2.15. The number of aromatic amines is 2. The summed E-state index contributed by atoms with van der Waals surface area (Å²) in [5.74, 6) is 0.720. The van der Waals surface area contributed by atoms with Crippen LogP contribution in [0.25, 0.3) is 11.0 Å². The van der Waals surface area contributed by atoms with Crippen LogP contribution in [0.15, 0.2) is 39.5 Å². The topological polar surface area (TPSA) is 61.8 Å². The minimum Gasteiger partial charge on any atom is -0.448 e. The molecule has 0 aliphatic heterocycles. The van der Waals surface area contributed by atoms with Gasteiger partial charge < -0.3 is 14.4 Å². The van der Waals surface area contributed by atoms with Gasteiger partial charge in [-0.05, 0) is 41.4 Å². The third-order valence-electron chi connectivity index (χ3n) is 2.68. The number of fused-ring (bicyclic) bond motifs is 1. The molecule has 0 fully saturated rings. The monoisotopic (exact) mass is 326 g/mol. The second-order valence-corrected chi connectivity index (χ2v) is 5.18. The molecule has 2 aromatic heterocycles. The Morgan fingerprint density at radius 1 is 1.17 bits per heavy atom. The molecule has 1 unspecified atom stereocenters. The first kappa shape index (κ1) is 11.6. The summed E-state index contributed by atoms with van der Waals surface area (Å²) in [5.41, 5.74) is 2.30. The van der Waals surface area contributed by atoms with E-state index < -0.39 is 0 Å². The number of H-pyrrole nitrogens is 2. The SMILES string of the molecule is O=c1[nH]c2ccc(C(Br)c3ccc(Cl)o3)cc2[nH]1. The smallest absolute Gasteiger partial charge is 0.323 e. The Morgan fingerprint density at radius 3 is 2.67 bits per heavy atom. The molecule has 1 aromatic carbocycles. The van der Waals surface area contributed by atoms with Crippen molar-refractivity contribution in [1.82, 2.24) is 9.97 Å². The number of aromatic nitrogens is 2. The minimum atomic E-state index is -0.214. The lowest BCUT2D eigenvalue weighted by atomic mass is 10.1. The highest BCUT2D eigenvalue weighted by atomic mass is 79.9. The molecule has 6 heteroatoms. The standard InChI is InChI=1S/C12H8BrClN2O2/c13-11(9-3-4-10(14)18-9)6-1-2-7-8(5-6)16-12(17)15-7/h1-5,11H,(H2,15,16,17). The van der Waals surface area contributed by atoms with Gasteiger partial charge in [-0.3, -0.25) is 0 Å². The van der Waals surface area contributed by atoms with Crippen LogP contribution in [-0.2, 0) is 0 Å². The molecule has 3 aromatic rings. The van der Waals surface area contributed by atoms with Gasteiger partial charge in [-0.1, -0.05) is 22.0 Å². The van der Waals surface area contributed by atoms with Gasteiger partial charge in [0.1, 0.15) is 5.76 Å². The molecule has 0 saturated carbocycles. The summed E-state index contributed by atoms with van der Waals surface area (Å²) in [6.45, 7) is 0. The van der Waals surface area contributed by atoms with E-state index in [-0.39, 0.29) is 10.5 Å². The molecule has 2 heterocycles. The summed E-state index contributed by atoms with van der Waals surface area (Å²) in [7, 11) is 0. The second-order valence-electron chi connectivity index (χ2n) is 3.89. The lowest BCUT2D eigenvalue weighted by Gasteiger charge is -2.06.